The number of aromatic hydroxyl groups is 3. The molecule has 5 nitrogen and oxygen atoms in total. The van der Waals surface area contributed by atoms with Crippen LogP contribution in [0.5, 0.6) is 17.2 Å². The van der Waals surface area contributed by atoms with E-state index in [-0.39, 0.29) is 22.1 Å². The highest BCUT2D eigenvalue weighted by atomic mass is 79.9. The van der Waals surface area contributed by atoms with E-state index in [4.69, 9.17) is 33.2 Å². The van der Waals surface area contributed by atoms with Crippen LogP contribution in [-0.2, 0) is 0 Å². The van der Waals surface area contributed by atoms with E-state index >= 15 is 0 Å². The Morgan fingerprint density at radius 3 is 1.14 bits per heavy atom. The lowest BCUT2D eigenvalue weighted by atomic mass is 9.80. The quantitative estimate of drug-likeness (QED) is 0.0976. The van der Waals surface area contributed by atoms with Gasteiger partial charge in [0.25, 0.3) is 0 Å². The zero-order valence-corrected chi connectivity index (χ0v) is 45.7. The minimum Gasteiger partial charge on any atom is -0.507 e. The van der Waals surface area contributed by atoms with Gasteiger partial charge in [0.2, 0.25) is 0 Å². The fourth-order valence-electron chi connectivity index (χ4n) is 8.40. The smallest absolute Gasteiger partial charge is 0.491 e. The lowest BCUT2D eigenvalue weighted by Gasteiger charge is -2.15. The van der Waals surface area contributed by atoms with E-state index < -0.39 is 12.9 Å². The molecule has 380 valence electrons. The second-order valence-electron chi connectivity index (χ2n) is 17.3. The second kappa shape index (κ2) is 26.9. The highest BCUT2D eigenvalue weighted by Gasteiger charge is 2.20. The second-order valence-corrected chi connectivity index (χ2v) is 19.8. The van der Waals surface area contributed by atoms with Crippen molar-refractivity contribution >= 4 is 67.6 Å². The van der Waals surface area contributed by atoms with Crippen molar-refractivity contribution in [2.75, 3.05) is 0 Å². The van der Waals surface area contributed by atoms with E-state index in [1.807, 2.05) is 188 Å². The largest absolute Gasteiger partial charge is 0.507 e. The topological polar surface area (TPSA) is 101 Å². The van der Waals surface area contributed by atoms with Gasteiger partial charge in [0.05, 0.1) is 9.50 Å². The van der Waals surface area contributed by atoms with Crippen molar-refractivity contribution in [3.8, 4) is 95.1 Å². The number of halogens is 5. The molecule has 0 aromatic heterocycles. The summed E-state index contributed by atoms with van der Waals surface area (Å²) in [5.74, 6) is 0.122. The molecule has 0 aliphatic rings. The zero-order chi connectivity index (χ0) is 54.3. The molecule has 77 heavy (non-hydrogen) atoms. The molecule has 0 spiro atoms. The predicted molar refractivity (Wildman–Crippen MR) is 324 cm³/mol. The zero-order valence-electron chi connectivity index (χ0n) is 41.0. The Hall–Kier alpha value is -7.73. The summed E-state index contributed by atoms with van der Waals surface area (Å²) in [4.78, 5) is 0. The number of hydrogen-bond donors (Lipinski definition) is 5. The molecule has 0 aliphatic carbocycles. The van der Waals surface area contributed by atoms with Crippen molar-refractivity contribution in [2.45, 2.75) is 0 Å². The average molecular weight is 1180 g/mol. The minimum atomic E-state index is -1.53. The highest BCUT2D eigenvalue weighted by Crippen LogP contribution is 2.45. The lowest BCUT2D eigenvalue weighted by molar-refractivity contribution is 0.425. The molecule has 11 rings (SSSR count). The Morgan fingerprint density at radius 2 is 0.701 bits per heavy atom. The Bertz CT molecular complexity index is 3650. The maximum atomic E-state index is 14.6. The predicted octanol–water partition coefficient (Wildman–Crippen LogP) is 18.2. The Balaban J connectivity index is 0.000000141. The molecular formula is C66H48BBr2Cl2FO5. The van der Waals surface area contributed by atoms with Crippen LogP contribution in [0, 0.1) is 5.82 Å². The number of phenolic OH excluding ortho intramolecular Hbond substituents is 3. The van der Waals surface area contributed by atoms with Crippen molar-refractivity contribution < 1.29 is 29.8 Å². The van der Waals surface area contributed by atoms with Crippen molar-refractivity contribution in [1.29, 1.82) is 0 Å². The van der Waals surface area contributed by atoms with Gasteiger partial charge >= 0.3 is 7.12 Å². The molecule has 11 aromatic carbocycles. The average Bonchev–Trinajstić information content (AvgIpc) is 3.47. The minimum absolute atomic E-state index is 0.00730. The summed E-state index contributed by atoms with van der Waals surface area (Å²) in [5, 5.41) is 49.6. The van der Waals surface area contributed by atoms with Gasteiger partial charge in [-0.1, -0.05) is 239 Å². The van der Waals surface area contributed by atoms with E-state index in [9.17, 15) is 19.7 Å². The van der Waals surface area contributed by atoms with Crippen LogP contribution >= 0.6 is 55.1 Å². The van der Waals surface area contributed by atoms with Gasteiger partial charge in [0, 0.05) is 42.8 Å². The summed E-state index contributed by atoms with van der Waals surface area (Å²) >= 11 is 18.5. The molecule has 0 saturated heterocycles. The third-order valence-electron chi connectivity index (χ3n) is 12.2. The van der Waals surface area contributed by atoms with Crippen LogP contribution in [0.2, 0.25) is 10.0 Å². The molecule has 0 aliphatic heterocycles. The van der Waals surface area contributed by atoms with Crippen molar-refractivity contribution in [3.05, 3.63) is 286 Å². The van der Waals surface area contributed by atoms with Crippen LogP contribution in [0.25, 0.3) is 77.9 Å². The van der Waals surface area contributed by atoms with Crippen LogP contribution in [0.4, 0.5) is 4.39 Å². The molecule has 0 amide bonds. The molecule has 0 saturated carbocycles. The van der Waals surface area contributed by atoms with Crippen LogP contribution in [0.15, 0.2) is 270 Å². The number of phenols is 3. The maximum absolute atomic E-state index is 14.6. The van der Waals surface area contributed by atoms with E-state index in [1.54, 1.807) is 42.5 Å². The summed E-state index contributed by atoms with van der Waals surface area (Å²) in [6, 6.07) is 82.4. The van der Waals surface area contributed by atoms with Gasteiger partial charge in [-0.25, -0.2) is 4.39 Å². The normalized spacial score (nSPS) is 10.4. The number of benzene rings is 11. The van der Waals surface area contributed by atoms with Crippen LogP contribution < -0.4 is 5.46 Å². The molecule has 0 fully saturated rings. The van der Waals surface area contributed by atoms with Gasteiger partial charge in [0.15, 0.2) is 0 Å². The molecular weight excluding hydrogens is 1130 g/mol. The first kappa shape index (κ1) is 55.5. The van der Waals surface area contributed by atoms with Gasteiger partial charge in [-0.3, -0.25) is 0 Å². The van der Waals surface area contributed by atoms with Gasteiger partial charge in [0.1, 0.15) is 23.1 Å². The fraction of sp³-hybridized carbons (Fsp3) is 0. The fourth-order valence-corrected chi connectivity index (χ4v) is 10.1. The summed E-state index contributed by atoms with van der Waals surface area (Å²) in [6.45, 7) is 0. The van der Waals surface area contributed by atoms with E-state index in [0.717, 1.165) is 61.2 Å². The van der Waals surface area contributed by atoms with Crippen molar-refractivity contribution in [2.24, 2.45) is 0 Å². The van der Waals surface area contributed by atoms with Gasteiger partial charge in [-0.05, 0) is 127 Å². The van der Waals surface area contributed by atoms with Crippen LogP contribution in [0.1, 0.15) is 0 Å². The van der Waals surface area contributed by atoms with E-state index in [2.05, 4.69) is 56.1 Å². The molecule has 0 atom stereocenters. The van der Waals surface area contributed by atoms with Crippen LogP contribution in [-0.4, -0.2) is 32.5 Å². The first-order chi connectivity index (χ1) is 37.4. The summed E-state index contributed by atoms with van der Waals surface area (Å²) < 4.78 is 15.9. The summed E-state index contributed by atoms with van der Waals surface area (Å²) in [5.41, 5.74) is 12.4. The first-order valence-electron chi connectivity index (χ1n) is 24.2. The standard InChI is InChI=1S/C24H16ClFO.C18H13BrO.C18H14O.C6H5BBrClO2/c25-21-12-7-13-22(26)23(21)20-15-18(16-8-3-1-4-9-16)14-19(24(20)27)17-10-5-2-6-11-17;19-17-12-15(13-7-3-1-4-8-13)11-16(18(17)20)14-9-5-2-6-10-14;19-18-12-11-16(14-7-3-1-4-8-14)13-17(18)15-9-5-2-6-10-15;8-4-2-1-3-5(9)6(4)7(10)11/h1-15,27H;1-12,20H;1-13,19H;1-3,10-11H. The van der Waals surface area contributed by atoms with Crippen LogP contribution in [0.3, 0.4) is 0 Å². The highest BCUT2D eigenvalue weighted by molar-refractivity contribution is 9.11. The number of hydrogen-bond acceptors (Lipinski definition) is 5. The first-order valence-corrected chi connectivity index (χ1v) is 26.5. The summed E-state index contributed by atoms with van der Waals surface area (Å²) in [7, 11) is -1.53. The van der Waals surface area contributed by atoms with Gasteiger partial charge in [-0.15, -0.1) is 0 Å². The Labute approximate surface area is 474 Å². The molecule has 0 unspecified atom stereocenters. The van der Waals surface area contributed by atoms with Gasteiger partial charge in [-0.2, -0.15) is 0 Å². The van der Waals surface area contributed by atoms with E-state index in [0.29, 0.717) is 36.3 Å². The van der Waals surface area contributed by atoms with Crippen molar-refractivity contribution in [3.63, 3.8) is 0 Å². The van der Waals surface area contributed by atoms with Crippen molar-refractivity contribution in [1.82, 2.24) is 0 Å². The lowest BCUT2D eigenvalue weighted by Crippen LogP contribution is -2.31. The third-order valence-corrected chi connectivity index (χ3v) is 14.2. The molecule has 0 heterocycles. The Kier molecular flexibility index (Phi) is 19.4. The molecule has 11 heteroatoms. The molecule has 11 aromatic rings. The maximum Gasteiger partial charge on any atom is 0.491 e. The SMILES string of the molecule is OB(O)c1c(Cl)cccc1Br.Oc1c(-c2ccccc2)cc(-c2ccccc2)cc1-c1c(F)cccc1Cl.Oc1c(Br)cc(-c2ccccc2)cc1-c1ccccc1.Oc1ccc(-c2ccccc2)cc1-c1ccccc1. The Morgan fingerprint density at radius 1 is 0.325 bits per heavy atom. The molecule has 5 N–H and O–H groups in total. The van der Waals surface area contributed by atoms with E-state index in [1.165, 1.54) is 6.07 Å². The third kappa shape index (κ3) is 14.2. The number of rotatable bonds is 8. The van der Waals surface area contributed by atoms with Gasteiger partial charge < -0.3 is 25.4 Å². The molecule has 0 radical (unpaired) electrons. The monoisotopic (exact) mass is 1180 g/mol. The molecule has 0 bridgehead atoms. The summed E-state index contributed by atoms with van der Waals surface area (Å²) in [6.07, 6.45) is 0.